The summed E-state index contributed by atoms with van der Waals surface area (Å²) in [5.41, 5.74) is 6.33. The lowest BCUT2D eigenvalue weighted by Crippen LogP contribution is -2.38. The summed E-state index contributed by atoms with van der Waals surface area (Å²) in [5, 5.41) is 8.74. The molecule has 0 fully saturated rings. The van der Waals surface area contributed by atoms with Crippen molar-refractivity contribution in [2.75, 3.05) is 12.3 Å². The first kappa shape index (κ1) is 15.0. The number of amides is 1. The number of rotatable bonds is 7. The summed E-state index contributed by atoms with van der Waals surface area (Å²) in [6.45, 7) is 3.25. The second-order valence-electron chi connectivity index (χ2n) is 4.22. The molecule has 7 heteroatoms. The number of ketones is 1. The van der Waals surface area contributed by atoms with Crippen molar-refractivity contribution in [2.45, 2.75) is 32.9 Å². The second kappa shape index (κ2) is 6.79. The zero-order valence-electron chi connectivity index (χ0n) is 11.0. The minimum absolute atomic E-state index is 0.0192. The van der Waals surface area contributed by atoms with E-state index in [1.807, 2.05) is 0 Å². The molecule has 0 spiro atoms. The summed E-state index contributed by atoms with van der Waals surface area (Å²) in [6.07, 6.45) is 2.14. The summed E-state index contributed by atoms with van der Waals surface area (Å²) >= 11 is 0. The molecule has 1 aromatic heterocycles. The van der Waals surface area contributed by atoms with E-state index in [2.05, 4.69) is 9.97 Å². The molecule has 1 rings (SSSR count). The number of aryl methyl sites for hydroxylation is 1. The number of aliphatic hydroxyl groups is 1. The smallest absolute Gasteiger partial charge is 0.210 e. The van der Waals surface area contributed by atoms with Crippen molar-refractivity contribution in [2.24, 2.45) is 0 Å². The van der Waals surface area contributed by atoms with E-state index in [0.29, 0.717) is 23.6 Å². The molecule has 104 valence electrons. The standard InChI is InChI=1S/C12H18N4O3/c1-8(11(19)3-4-17)16(7-18)6-10-5-14-9(2)15-12(10)13/h5,7-8,17H,3-4,6H2,1-2H3,(H2,13,14,15). The van der Waals surface area contributed by atoms with Crippen molar-refractivity contribution in [1.82, 2.24) is 14.9 Å². The topological polar surface area (TPSA) is 109 Å². The van der Waals surface area contributed by atoms with Gasteiger partial charge in [0.1, 0.15) is 11.6 Å². The summed E-state index contributed by atoms with van der Waals surface area (Å²) in [7, 11) is 0. The molecule has 7 nitrogen and oxygen atoms in total. The summed E-state index contributed by atoms with van der Waals surface area (Å²) < 4.78 is 0. The van der Waals surface area contributed by atoms with Crippen LogP contribution < -0.4 is 5.73 Å². The monoisotopic (exact) mass is 266 g/mol. The molecule has 1 aromatic rings. The van der Waals surface area contributed by atoms with Crippen LogP contribution in [0.1, 0.15) is 24.7 Å². The lowest BCUT2D eigenvalue weighted by atomic mass is 10.1. The van der Waals surface area contributed by atoms with Crippen molar-refractivity contribution >= 4 is 18.0 Å². The number of Topliss-reactive ketones (excluding diaryl/α,β-unsaturated/α-hetero) is 1. The third-order valence-corrected chi connectivity index (χ3v) is 2.83. The first-order chi connectivity index (χ1) is 8.99. The molecular weight excluding hydrogens is 248 g/mol. The Morgan fingerprint density at radius 1 is 1.63 bits per heavy atom. The van der Waals surface area contributed by atoms with Crippen LogP contribution in [0.4, 0.5) is 5.82 Å². The van der Waals surface area contributed by atoms with Crippen molar-refractivity contribution in [1.29, 1.82) is 0 Å². The molecule has 3 N–H and O–H groups in total. The number of hydrogen-bond acceptors (Lipinski definition) is 6. The number of anilines is 1. The minimum atomic E-state index is -0.620. The van der Waals surface area contributed by atoms with Gasteiger partial charge in [-0.05, 0) is 13.8 Å². The predicted molar refractivity (Wildman–Crippen MR) is 69.0 cm³/mol. The summed E-state index contributed by atoms with van der Waals surface area (Å²) in [6, 6.07) is -0.620. The highest BCUT2D eigenvalue weighted by molar-refractivity contribution is 5.85. The SMILES string of the molecule is Cc1ncc(CN(C=O)C(C)C(=O)CCO)c(N)n1. The van der Waals surface area contributed by atoms with E-state index in [4.69, 9.17) is 10.8 Å². The van der Waals surface area contributed by atoms with Gasteiger partial charge in [-0.25, -0.2) is 9.97 Å². The molecule has 19 heavy (non-hydrogen) atoms. The number of aliphatic hydroxyl groups excluding tert-OH is 1. The van der Waals surface area contributed by atoms with Gasteiger partial charge in [0.25, 0.3) is 0 Å². The predicted octanol–water partition coefficient (Wildman–Crippen LogP) is -0.334. The first-order valence-corrected chi connectivity index (χ1v) is 5.92. The van der Waals surface area contributed by atoms with Crippen LogP contribution in [-0.4, -0.2) is 44.8 Å². The van der Waals surface area contributed by atoms with Gasteiger partial charge < -0.3 is 15.7 Å². The van der Waals surface area contributed by atoms with E-state index in [1.165, 1.54) is 11.1 Å². The number of hydrogen-bond donors (Lipinski definition) is 2. The van der Waals surface area contributed by atoms with Crippen molar-refractivity contribution in [3.05, 3.63) is 17.6 Å². The van der Waals surface area contributed by atoms with Crippen molar-refractivity contribution in [3.8, 4) is 0 Å². The fraction of sp³-hybridized carbons (Fsp3) is 0.500. The van der Waals surface area contributed by atoms with Crippen LogP contribution in [-0.2, 0) is 16.1 Å². The van der Waals surface area contributed by atoms with Crippen LogP contribution in [0.15, 0.2) is 6.20 Å². The Morgan fingerprint density at radius 2 is 2.32 bits per heavy atom. The van der Waals surface area contributed by atoms with Crippen molar-refractivity contribution in [3.63, 3.8) is 0 Å². The van der Waals surface area contributed by atoms with E-state index < -0.39 is 6.04 Å². The number of nitrogen functional groups attached to an aromatic ring is 1. The Kier molecular flexibility index (Phi) is 5.37. The number of nitrogens with two attached hydrogens (primary N) is 1. The van der Waals surface area contributed by atoms with E-state index in [-0.39, 0.29) is 25.4 Å². The normalized spacial score (nSPS) is 11.9. The van der Waals surface area contributed by atoms with Gasteiger partial charge in [0, 0.05) is 18.2 Å². The van der Waals surface area contributed by atoms with Crippen LogP contribution in [0.25, 0.3) is 0 Å². The molecule has 1 heterocycles. The average molecular weight is 266 g/mol. The Bertz CT molecular complexity index is 464. The number of nitrogens with zero attached hydrogens (tertiary/aromatic N) is 3. The van der Waals surface area contributed by atoms with Crippen LogP contribution in [0.5, 0.6) is 0 Å². The molecule has 1 unspecified atom stereocenters. The third-order valence-electron chi connectivity index (χ3n) is 2.83. The molecule has 0 radical (unpaired) electrons. The Hall–Kier alpha value is -2.02. The molecular formula is C12H18N4O3. The molecule has 0 saturated carbocycles. The van der Waals surface area contributed by atoms with Gasteiger partial charge in [-0.15, -0.1) is 0 Å². The average Bonchev–Trinajstić information content (AvgIpc) is 2.37. The highest BCUT2D eigenvalue weighted by Gasteiger charge is 2.20. The Labute approximate surface area is 111 Å². The maximum absolute atomic E-state index is 11.6. The number of aromatic nitrogens is 2. The van der Waals surface area contributed by atoms with Gasteiger partial charge in [0.15, 0.2) is 5.78 Å². The lowest BCUT2D eigenvalue weighted by Gasteiger charge is -2.24. The molecule has 1 atom stereocenters. The first-order valence-electron chi connectivity index (χ1n) is 5.92. The second-order valence-corrected chi connectivity index (χ2v) is 4.22. The van der Waals surface area contributed by atoms with Gasteiger partial charge in [0.2, 0.25) is 6.41 Å². The maximum atomic E-state index is 11.6. The summed E-state index contributed by atoms with van der Waals surface area (Å²) in [4.78, 5) is 32.0. The number of carbonyl (C=O) groups is 2. The van der Waals surface area contributed by atoms with Crippen LogP contribution in [0.3, 0.4) is 0 Å². The van der Waals surface area contributed by atoms with E-state index >= 15 is 0 Å². The zero-order chi connectivity index (χ0) is 14.4. The largest absolute Gasteiger partial charge is 0.396 e. The third kappa shape index (κ3) is 3.99. The van der Waals surface area contributed by atoms with Crippen LogP contribution in [0.2, 0.25) is 0 Å². The molecule has 0 aliphatic rings. The van der Waals surface area contributed by atoms with E-state index in [0.717, 1.165) is 0 Å². The summed E-state index contributed by atoms with van der Waals surface area (Å²) in [5.74, 6) is 0.630. The van der Waals surface area contributed by atoms with Crippen molar-refractivity contribution < 1.29 is 14.7 Å². The van der Waals surface area contributed by atoms with Crippen LogP contribution >= 0.6 is 0 Å². The minimum Gasteiger partial charge on any atom is -0.396 e. The molecule has 1 amide bonds. The zero-order valence-corrected chi connectivity index (χ0v) is 11.0. The Balaban J connectivity index is 2.81. The van der Waals surface area contributed by atoms with Gasteiger partial charge in [-0.2, -0.15) is 0 Å². The van der Waals surface area contributed by atoms with Crippen LogP contribution in [0, 0.1) is 6.92 Å². The van der Waals surface area contributed by atoms with E-state index in [1.54, 1.807) is 13.8 Å². The fourth-order valence-corrected chi connectivity index (χ4v) is 1.60. The quantitative estimate of drug-likeness (QED) is 0.654. The fourth-order valence-electron chi connectivity index (χ4n) is 1.60. The van der Waals surface area contributed by atoms with Gasteiger partial charge in [-0.3, -0.25) is 9.59 Å². The highest BCUT2D eigenvalue weighted by Crippen LogP contribution is 2.12. The molecule has 0 aliphatic heterocycles. The molecule has 0 saturated heterocycles. The van der Waals surface area contributed by atoms with Gasteiger partial charge in [-0.1, -0.05) is 0 Å². The van der Waals surface area contributed by atoms with E-state index in [9.17, 15) is 9.59 Å². The molecule has 0 aromatic carbocycles. The van der Waals surface area contributed by atoms with Gasteiger partial charge in [0.05, 0.1) is 19.2 Å². The number of carbonyl (C=O) groups excluding carboxylic acids is 2. The van der Waals surface area contributed by atoms with Gasteiger partial charge >= 0.3 is 0 Å². The molecule has 0 bridgehead atoms. The Morgan fingerprint density at radius 3 is 2.84 bits per heavy atom. The highest BCUT2D eigenvalue weighted by atomic mass is 16.3. The maximum Gasteiger partial charge on any atom is 0.210 e. The molecule has 0 aliphatic carbocycles. The lowest BCUT2D eigenvalue weighted by molar-refractivity contribution is -0.131.